The Morgan fingerprint density at radius 3 is 2.86 bits per heavy atom. The zero-order valence-corrected chi connectivity index (χ0v) is 11.0. The number of alkyl halides is 3. The zero-order valence-electron chi connectivity index (χ0n) is 11.0. The molecule has 0 radical (unpaired) electrons. The zero-order chi connectivity index (χ0) is 15.5. The van der Waals surface area contributed by atoms with Crippen LogP contribution in [0.15, 0.2) is 12.1 Å². The average Bonchev–Trinajstić information content (AvgIpc) is 2.41. The summed E-state index contributed by atoms with van der Waals surface area (Å²) >= 11 is 0. The van der Waals surface area contributed by atoms with Crippen LogP contribution < -0.4 is 10.6 Å². The molecule has 0 saturated heterocycles. The second-order valence-corrected chi connectivity index (χ2v) is 4.65. The molecule has 2 rings (SSSR count). The second kappa shape index (κ2) is 6.40. The van der Waals surface area contributed by atoms with Crippen LogP contribution in [0.25, 0.3) is 0 Å². The highest BCUT2D eigenvalue weighted by Gasteiger charge is 2.28. The molecule has 1 aliphatic rings. The van der Waals surface area contributed by atoms with Gasteiger partial charge in [-0.1, -0.05) is 6.07 Å². The Balaban J connectivity index is 1.95. The molecule has 2 N–H and O–H groups in total. The Morgan fingerprint density at radius 1 is 1.38 bits per heavy atom. The summed E-state index contributed by atoms with van der Waals surface area (Å²) in [5, 5.41) is 5.31. The normalized spacial score (nSPS) is 14.7. The van der Waals surface area contributed by atoms with Crippen LogP contribution in [-0.2, 0) is 22.5 Å². The number of halogens is 4. The average molecular weight is 306 g/mol. The minimum Gasteiger partial charge on any atom is -0.362 e. The number of carbonyl (C=O) groups excluding carboxylic acids is 1. The number of hydrogen-bond acceptors (Lipinski definition) is 3. The standard InChI is InChI=1S/C13H14F4N2O2/c14-12-9-3-4-18-5-8(9)1-2-10(12)19-11(20)6-21-7-13(15,16)17/h1-2,18H,3-7H2,(H,19,20). The van der Waals surface area contributed by atoms with Gasteiger partial charge in [-0.3, -0.25) is 4.79 Å². The van der Waals surface area contributed by atoms with E-state index in [4.69, 9.17) is 0 Å². The number of ether oxygens (including phenoxy) is 1. The Morgan fingerprint density at radius 2 is 2.14 bits per heavy atom. The summed E-state index contributed by atoms with van der Waals surface area (Å²) in [5.74, 6) is -1.37. The molecule has 1 aromatic rings. The Hall–Kier alpha value is -1.67. The van der Waals surface area contributed by atoms with E-state index in [1.165, 1.54) is 6.07 Å². The second-order valence-electron chi connectivity index (χ2n) is 4.65. The third-order valence-corrected chi connectivity index (χ3v) is 2.98. The van der Waals surface area contributed by atoms with Crippen LogP contribution in [-0.4, -0.2) is 31.8 Å². The molecule has 8 heteroatoms. The number of anilines is 1. The van der Waals surface area contributed by atoms with Gasteiger partial charge in [0.15, 0.2) is 0 Å². The predicted octanol–water partition coefficient (Wildman–Crippen LogP) is 1.99. The van der Waals surface area contributed by atoms with Crippen molar-refractivity contribution in [1.82, 2.24) is 5.32 Å². The molecule has 0 unspecified atom stereocenters. The summed E-state index contributed by atoms with van der Waals surface area (Å²) in [4.78, 5) is 11.4. The van der Waals surface area contributed by atoms with Crippen LogP contribution in [0.2, 0.25) is 0 Å². The van der Waals surface area contributed by atoms with E-state index in [9.17, 15) is 22.4 Å². The third kappa shape index (κ3) is 4.40. The summed E-state index contributed by atoms with van der Waals surface area (Å²) in [6.07, 6.45) is -4.00. The molecular weight excluding hydrogens is 292 g/mol. The Labute approximate surface area is 118 Å². The molecule has 1 aromatic carbocycles. The SMILES string of the molecule is O=C(COCC(F)(F)F)Nc1ccc2c(c1F)CCNC2. The number of hydrogen-bond donors (Lipinski definition) is 2. The van der Waals surface area contributed by atoms with Crippen molar-refractivity contribution in [3.63, 3.8) is 0 Å². The fourth-order valence-corrected chi connectivity index (χ4v) is 2.08. The highest BCUT2D eigenvalue weighted by atomic mass is 19.4. The molecule has 0 saturated carbocycles. The predicted molar refractivity (Wildman–Crippen MR) is 67.3 cm³/mol. The Bertz CT molecular complexity index is 532. The lowest BCUT2D eigenvalue weighted by Crippen LogP contribution is -2.26. The number of rotatable bonds is 4. The van der Waals surface area contributed by atoms with Gasteiger partial charge in [0, 0.05) is 6.54 Å². The summed E-state index contributed by atoms with van der Waals surface area (Å²) in [6.45, 7) is -1.11. The smallest absolute Gasteiger partial charge is 0.362 e. The maximum atomic E-state index is 14.2. The van der Waals surface area contributed by atoms with Gasteiger partial charge in [-0.05, 0) is 30.2 Å². The number of fused-ring (bicyclic) bond motifs is 1. The lowest BCUT2D eigenvalue weighted by atomic mass is 9.99. The van der Waals surface area contributed by atoms with Gasteiger partial charge in [-0.25, -0.2) is 4.39 Å². The largest absolute Gasteiger partial charge is 0.411 e. The monoisotopic (exact) mass is 306 g/mol. The fraction of sp³-hybridized carbons (Fsp3) is 0.462. The highest BCUT2D eigenvalue weighted by molar-refractivity contribution is 5.92. The molecule has 0 fully saturated rings. The summed E-state index contributed by atoms with van der Waals surface area (Å²) in [5.41, 5.74) is 1.28. The molecular formula is C13H14F4N2O2. The lowest BCUT2D eigenvalue weighted by Gasteiger charge is -2.19. The number of benzene rings is 1. The van der Waals surface area contributed by atoms with Crippen molar-refractivity contribution in [3.8, 4) is 0 Å². The van der Waals surface area contributed by atoms with Crippen molar-refractivity contribution in [2.24, 2.45) is 0 Å². The molecule has 1 heterocycles. The maximum absolute atomic E-state index is 14.2. The van der Waals surface area contributed by atoms with Gasteiger partial charge in [-0.2, -0.15) is 13.2 Å². The van der Waals surface area contributed by atoms with E-state index < -0.39 is 31.1 Å². The van der Waals surface area contributed by atoms with Crippen LogP contribution in [0, 0.1) is 5.82 Å². The van der Waals surface area contributed by atoms with E-state index >= 15 is 0 Å². The molecule has 21 heavy (non-hydrogen) atoms. The van der Waals surface area contributed by atoms with Crippen molar-refractivity contribution in [3.05, 3.63) is 29.1 Å². The first kappa shape index (κ1) is 15.7. The first-order valence-corrected chi connectivity index (χ1v) is 6.32. The lowest BCUT2D eigenvalue weighted by molar-refractivity contribution is -0.174. The number of carbonyl (C=O) groups is 1. The number of amides is 1. The van der Waals surface area contributed by atoms with Crippen molar-refractivity contribution < 1.29 is 27.1 Å². The van der Waals surface area contributed by atoms with Gasteiger partial charge >= 0.3 is 6.18 Å². The third-order valence-electron chi connectivity index (χ3n) is 2.98. The van der Waals surface area contributed by atoms with E-state index in [0.717, 1.165) is 5.56 Å². The summed E-state index contributed by atoms with van der Waals surface area (Å²) < 4.78 is 54.0. The first-order chi connectivity index (χ1) is 9.87. The molecule has 0 aliphatic carbocycles. The summed E-state index contributed by atoms with van der Waals surface area (Å²) in [6, 6.07) is 3.07. The first-order valence-electron chi connectivity index (χ1n) is 6.32. The topological polar surface area (TPSA) is 50.4 Å². The van der Waals surface area contributed by atoms with E-state index in [1.54, 1.807) is 6.07 Å². The fourth-order valence-electron chi connectivity index (χ4n) is 2.08. The molecule has 116 valence electrons. The van der Waals surface area contributed by atoms with Crippen LogP contribution in [0.5, 0.6) is 0 Å². The van der Waals surface area contributed by atoms with Crippen molar-refractivity contribution in [1.29, 1.82) is 0 Å². The quantitative estimate of drug-likeness (QED) is 0.837. The summed E-state index contributed by atoms with van der Waals surface area (Å²) in [7, 11) is 0. The van der Waals surface area contributed by atoms with Crippen LogP contribution in [0.3, 0.4) is 0 Å². The minimum absolute atomic E-state index is 0.0451. The van der Waals surface area contributed by atoms with Crippen molar-refractivity contribution in [2.45, 2.75) is 19.1 Å². The van der Waals surface area contributed by atoms with Crippen LogP contribution in [0.4, 0.5) is 23.2 Å². The molecule has 0 aromatic heterocycles. The van der Waals surface area contributed by atoms with Gasteiger partial charge in [0.25, 0.3) is 0 Å². The number of nitrogens with one attached hydrogen (secondary N) is 2. The molecule has 0 atom stereocenters. The van der Waals surface area contributed by atoms with Gasteiger partial charge in [-0.15, -0.1) is 0 Å². The van der Waals surface area contributed by atoms with E-state index in [0.29, 0.717) is 25.1 Å². The minimum atomic E-state index is -4.50. The Kier molecular flexibility index (Phi) is 4.79. The van der Waals surface area contributed by atoms with E-state index in [-0.39, 0.29) is 5.69 Å². The molecule has 0 bridgehead atoms. The molecule has 1 amide bonds. The molecule has 0 spiro atoms. The van der Waals surface area contributed by atoms with Crippen molar-refractivity contribution >= 4 is 11.6 Å². The van der Waals surface area contributed by atoms with Crippen LogP contribution in [0.1, 0.15) is 11.1 Å². The van der Waals surface area contributed by atoms with E-state index in [2.05, 4.69) is 15.4 Å². The maximum Gasteiger partial charge on any atom is 0.411 e. The van der Waals surface area contributed by atoms with Crippen LogP contribution >= 0.6 is 0 Å². The molecule has 4 nitrogen and oxygen atoms in total. The van der Waals surface area contributed by atoms with Crippen molar-refractivity contribution in [2.75, 3.05) is 25.1 Å². The molecule has 1 aliphatic heterocycles. The van der Waals surface area contributed by atoms with Gasteiger partial charge in [0.2, 0.25) is 5.91 Å². The van der Waals surface area contributed by atoms with E-state index in [1.807, 2.05) is 0 Å². The van der Waals surface area contributed by atoms with Gasteiger partial charge in [0.1, 0.15) is 19.0 Å². The van der Waals surface area contributed by atoms with Gasteiger partial charge in [0.05, 0.1) is 5.69 Å². The highest BCUT2D eigenvalue weighted by Crippen LogP contribution is 2.24. The van der Waals surface area contributed by atoms with Gasteiger partial charge < -0.3 is 15.4 Å².